The summed E-state index contributed by atoms with van der Waals surface area (Å²) in [4.78, 5) is 20.1. The Bertz CT molecular complexity index is 996. The van der Waals surface area contributed by atoms with Gasteiger partial charge in [-0.25, -0.2) is 4.98 Å². The molecule has 0 aliphatic carbocycles. The van der Waals surface area contributed by atoms with E-state index >= 15 is 0 Å². The molecule has 138 valence electrons. The Hall–Kier alpha value is -3.00. The average molecular weight is 384 g/mol. The number of hydrogen-bond acceptors (Lipinski definition) is 7. The van der Waals surface area contributed by atoms with Crippen molar-refractivity contribution in [2.24, 2.45) is 0 Å². The third-order valence-corrected chi connectivity index (χ3v) is 5.60. The van der Waals surface area contributed by atoms with Crippen LogP contribution in [-0.4, -0.2) is 29.1 Å². The van der Waals surface area contributed by atoms with Crippen LogP contribution in [0.15, 0.2) is 40.3 Å². The Kier molecular flexibility index (Phi) is 3.97. The molecule has 7 nitrogen and oxygen atoms in total. The van der Waals surface area contributed by atoms with E-state index in [1.807, 2.05) is 0 Å². The number of carbonyl (C=O) groups is 1. The lowest BCUT2D eigenvalue weighted by atomic mass is 10.1. The molecule has 3 aromatic rings. The van der Waals surface area contributed by atoms with Gasteiger partial charge in [-0.15, -0.1) is 11.3 Å². The normalized spacial score (nSPS) is 14.9. The molecule has 1 amide bonds. The molecule has 2 aliphatic heterocycles. The molecule has 27 heavy (non-hydrogen) atoms. The van der Waals surface area contributed by atoms with Crippen LogP contribution in [0.3, 0.4) is 0 Å². The first-order valence-corrected chi connectivity index (χ1v) is 9.45. The highest BCUT2D eigenvalue weighted by molar-refractivity contribution is 7.10. The number of hydrogen-bond donors (Lipinski definition) is 0. The molecule has 0 spiro atoms. The van der Waals surface area contributed by atoms with Crippen LogP contribution in [-0.2, 0) is 19.6 Å². The van der Waals surface area contributed by atoms with E-state index in [0.29, 0.717) is 41.9 Å². The second-order valence-electron chi connectivity index (χ2n) is 6.28. The summed E-state index contributed by atoms with van der Waals surface area (Å²) >= 11 is 1.75. The van der Waals surface area contributed by atoms with Gasteiger partial charge in [-0.3, -0.25) is 4.79 Å². The second kappa shape index (κ2) is 6.62. The number of amides is 1. The van der Waals surface area contributed by atoms with Gasteiger partial charge >= 0.3 is 0 Å². The number of fused-ring (bicyclic) bond motifs is 2. The molecule has 0 fully saturated rings. The van der Waals surface area contributed by atoms with Gasteiger partial charge in [0.2, 0.25) is 12.7 Å². The number of carbonyl (C=O) groups excluding carboxylic acids is 1. The van der Waals surface area contributed by atoms with Crippen LogP contribution in [0.2, 0.25) is 0 Å². The maximum atomic E-state index is 12.7. The minimum absolute atomic E-state index is 0.120. The summed E-state index contributed by atoms with van der Waals surface area (Å²) in [5.74, 6) is 2.19. The Balaban J connectivity index is 1.23. The summed E-state index contributed by atoms with van der Waals surface area (Å²) in [5, 5.41) is 2.07. The molecule has 2 aromatic heterocycles. The standard InChI is InChI=1S/C19H16N2O5S/c22-19(21-5-3-17-12(8-21)4-6-27-17)14-9-24-18(20-14)10-23-13-1-2-15-16(7-13)26-11-25-15/h1-2,4,6-7,9H,3,5,8,10-11H2. The number of rotatable bonds is 4. The largest absolute Gasteiger partial charge is 0.484 e. The molecule has 0 bridgehead atoms. The zero-order chi connectivity index (χ0) is 18.2. The minimum atomic E-state index is -0.120. The molecule has 0 atom stereocenters. The molecule has 0 saturated carbocycles. The minimum Gasteiger partial charge on any atom is -0.484 e. The van der Waals surface area contributed by atoms with Crippen molar-refractivity contribution in [1.29, 1.82) is 0 Å². The van der Waals surface area contributed by atoms with Crippen molar-refractivity contribution in [2.75, 3.05) is 13.3 Å². The number of aromatic nitrogens is 1. The van der Waals surface area contributed by atoms with Crippen molar-refractivity contribution in [3.63, 3.8) is 0 Å². The van der Waals surface area contributed by atoms with Gasteiger partial charge in [0.15, 0.2) is 23.8 Å². The van der Waals surface area contributed by atoms with Crippen LogP contribution in [0.4, 0.5) is 0 Å². The van der Waals surface area contributed by atoms with Crippen molar-refractivity contribution in [3.8, 4) is 17.2 Å². The van der Waals surface area contributed by atoms with Crippen LogP contribution >= 0.6 is 11.3 Å². The lowest BCUT2D eigenvalue weighted by Gasteiger charge is -2.26. The van der Waals surface area contributed by atoms with Crippen LogP contribution < -0.4 is 14.2 Å². The number of ether oxygens (including phenoxy) is 3. The first kappa shape index (κ1) is 16.2. The van der Waals surface area contributed by atoms with Crippen molar-refractivity contribution in [1.82, 2.24) is 9.88 Å². The monoisotopic (exact) mass is 384 g/mol. The maximum absolute atomic E-state index is 12.7. The van der Waals surface area contributed by atoms with Crippen molar-refractivity contribution >= 4 is 17.2 Å². The van der Waals surface area contributed by atoms with Crippen LogP contribution in [0.25, 0.3) is 0 Å². The van der Waals surface area contributed by atoms with Crippen LogP contribution in [0.1, 0.15) is 26.8 Å². The quantitative estimate of drug-likeness (QED) is 0.688. The lowest BCUT2D eigenvalue weighted by Crippen LogP contribution is -2.35. The van der Waals surface area contributed by atoms with E-state index in [4.69, 9.17) is 18.6 Å². The van der Waals surface area contributed by atoms with Crippen LogP contribution in [0, 0.1) is 0 Å². The van der Waals surface area contributed by atoms with Crippen molar-refractivity contribution in [2.45, 2.75) is 19.6 Å². The van der Waals surface area contributed by atoms with E-state index in [1.54, 1.807) is 34.4 Å². The van der Waals surface area contributed by atoms with Gasteiger partial charge in [0.1, 0.15) is 12.0 Å². The average Bonchev–Trinajstić information content (AvgIpc) is 3.44. The summed E-state index contributed by atoms with van der Waals surface area (Å²) in [6, 6.07) is 7.41. The number of nitrogens with zero attached hydrogens (tertiary/aromatic N) is 2. The molecule has 4 heterocycles. The Morgan fingerprint density at radius 1 is 1.26 bits per heavy atom. The van der Waals surface area contributed by atoms with E-state index in [0.717, 1.165) is 6.42 Å². The molecule has 8 heteroatoms. The molecular weight excluding hydrogens is 368 g/mol. The highest BCUT2D eigenvalue weighted by Gasteiger charge is 2.25. The summed E-state index contributed by atoms with van der Waals surface area (Å²) in [6.07, 6.45) is 2.28. The second-order valence-corrected chi connectivity index (χ2v) is 7.28. The zero-order valence-electron chi connectivity index (χ0n) is 14.3. The highest BCUT2D eigenvalue weighted by Crippen LogP contribution is 2.35. The van der Waals surface area contributed by atoms with Gasteiger partial charge in [-0.2, -0.15) is 0 Å². The van der Waals surface area contributed by atoms with E-state index in [2.05, 4.69) is 16.4 Å². The summed E-state index contributed by atoms with van der Waals surface area (Å²) < 4.78 is 21.7. The van der Waals surface area contributed by atoms with Gasteiger partial charge in [0.05, 0.1) is 0 Å². The van der Waals surface area contributed by atoms with E-state index in [-0.39, 0.29) is 19.3 Å². The van der Waals surface area contributed by atoms with E-state index < -0.39 is 0 Å². The van der Waals surface area contributed by atoms with Crippen molar-refractivity contribution < 1.29 is 23.4 Å². The highest BCUT2D eigenvalue weighted by atomic mass is 32.1. The number of oxazole rings is 1. The fourth-order valence-electron chi connectivity index (χ4n) is 3.17. The molecule has 2 aliphatic rings. The SMILES string of the molecule is O=C(c1coc(COc2ccc3c(c2)OCO3)n1)N1CCc2sccc2C1. The third kappa shape index (κ3) is 3.12. The fourth-order valence-corrected chi connectivity index (χ4v) is 4.06. The number of benzene rings is 1. The molecular formula is C19H16N2O5S. The molecule has 0 radical (unpaired) electrons. The Morgan fingerprint density at radius 3 is 3.15 bits per heavy atom. The predicted octanol–water partition coefficient (Wildman–Crippen LogP) is 3.24. The first-order chi connectivity index (χ1) is 13.3. The molecule has 0 N–H and O–H groups in total. The molecule has 5 rings (SSSR count). The van der Waals surface area contributed by atoms with Gasteiger partial charge < -0.3 is 23.5 Å². The Labute approximate surface area is 159 Å². The molecule has 0 saturated heterocycles. The summed E-state index contributed by atoms with van der Waals surface area (Å²) in [6.45, 7) is 1.66. The Morgan fingerprint density at radius 2 is 2.19 bits per heavy atom. The first-order valence-electron chi connectivity index (χ1n) is 8.57. The van der Waals surface area contributed by atoms with Crippen LogP contribution in [0.5, 0.6) is 17.2 Å². The smallest absolute Gasteiger partial charge is 0.276 e. The summed E-state index contributed by atoms with van der Waals surface area (Å²) in [7, 11) is 0. The molecule has 1 aromatic carbocycles. The van der Waals surface area contributed by atoms with E-state index in [1.165, 1.54) is 16.7 Å². The predicted molar refractivity (Wildman–Crippen MR) is 96.2 cm³/mol. The number of thiophene rings is 1. The van der Waals surface area contributed by atoms with Gasteiger partial charge in [0, 0.05) is 24.0 Å². The fraction of sp³-hybridized carbons (Fsp3) is 0.263. The van der Waals surface area contributed by atoms with Crippen molar-refractivity contribution in [3.05, 3.63) is 57.9 Å². The topological polar surface area (TPSA) is 74.0 Å². The van der Waals surface area contributed by atoms with E-state index in [9.17, 15) is 4.79 Å². The third-order valence-electron chi connectivity index (χ3n) is 4.57. The van der Waals surface area contributed by atoms with Gasteiger partial charge in [-0.05, 0) is 35.6 Å². The van der Waals surface area contributed by atoms with Gasteiger partial charge in [0.25, 0.3) is 5.91 Å². The van der Waals surface area contributed by atoms with Gasteiger partial charge in [-0.1, -0.05) is 0 Å². The summed E-state index contributed by atoms with van der Waals surface area (Å²) in [5.41, 5.74) is 1.52. The molecule has 0 unspecified atom stereocenters. The maximum Gasteiger partial charge on any atom is 0.276 e. The zero-order valence-corrected chi connectivity index (χ0v) is 15.2. The lowest BCUT2D eigenvalue weighted by molar-refractivity contribution is 0.0729.